The first-order valence-electron chi connectivity index (χ1n) is 9.39. The number of nitrogens with one attached hydrogen (secondary N) is 1. The number of hydrogen-bond acceptors (Lipinski definition) is 3. The van der Waals surface area contributed by atoms with E-state index in [1.807, 2.05) is 42.6 Å². The van der Waals surface area contributed by atoms with Crippen molar-refractivity contribution in [1.82, 2.24) is 14.9 Å². The third kappa shape index (κ3) is 3.36. The highest BCUT2D eigenvalue weighted by atomic mass is 35.5. The quantitative estimate of drug-likeness (QED) is 0.602. The number of hydrogen-bond donors (Lipinski definition) is 1. The molecule has 0 spiro atoms. The maximum atomic E-state index is 6.43. The summed E-state index contributed by atoms with van der Waals surface area (Å²) < 4.78 is 7.52. The Morgan fingerprint density at radius 2 is 1.97 bits per heavy atom. The Kier molecular flexibility index (Phi) is 5.23. The molecule has 1 N–H and O–H groups in total. The molecule has 0 saturated carbocycles. The van der Waals surface area contributed by atoms with E-state index in [-0.39, 0.29) is 12.1 Å². The Labute approximate surface area is 181 Å². The van der Waals surface area contributed by atoms with Crippen LogP contribution in [-0.4, -0.2) is 21.8 Å². The van der Waals surface area contributed by atoms with Crippen LogP contribution in [0.15, 0.2) is 48.7 Å². The Balaban J connectivity index is 1.87. The number of halogens is 1. The second-order valence-corrected chi connectivity index (χ2v) is 7.99. The fourth-order valence-electron chi connectivity index (χ4n) is 3.94. The second-order valence-electron chi connectivity index (χ2n) is 7.20. The number of pyridine rings is 1. The van der Waals surface area contributed by atoms with Crippen LogP contribution < -0.4 is 15.0 Å². The van der Waals surface area contributed by atoms with Gasteiger partial charge in [0.05, 0.1) is 29.9 Å². The normalized spacial score (nSPS) is 18.8. The number of nitrogens with zero attached hydrogens (tertiary/aromatic N) is 3. The van der Waals surface area contributed by atoms with E-state index >= 15 is 0 Å². The molecule has 0 aliphatic carbocycles. The lowest BCUT2D eigenvalue weighted by Crippen LogP contribution is -2.29. The zero-order chi connectivity index (χ0) is 20.7. The van der Waals surface area contributed by atoms with Gasteiger partial charge in [-0.25, -0.2) is 0 Å². The number of aryl methyl sites for hydroxylation is 1. The number of benzene rings is 1. The van der Waals surface area contributed by atoms with E-state index in [4.69, 9.17) is 28.6 Å². The molecule has 1 aromatic carbocycles. The van der Waals surface area contributed by atoms with Crippen LogP contribution in [0.3, 0.4) is 0 Å². The minimum atomic E-state index is -0.0786. The van der Waals surface area contributed by atoms with Crippen molar-refractivity contribution in [1.29, 1.82) is 0 Å². The van der Waals surface area contributed by atoms with Gasteiger partial charge in [0, 0.05) is 30.3 Å². The molecule has 3 heterocycles. The SMILES string of the molecule is COc1ccc(N2C(=S)N[C@@H](c3ccccn3)[C@H]2c2cc(C)n(C)c2C)cc1Cl. The van der Waals surface area contributed by atoms with Crippen molar-refractivity contribution in [2.45, 2.75) is 25.9 Å². The van der Waals surface area contributed by atoms with Crippen LogP contribution in [0.5, 0.6) is 5.75 Å². The van der Waals surface area contributed by atoms with Crippen molar-refractivity contribution in [3.8, 4) is 5.75 Å². The number of rotatable bonds is 4. The fourth-order valence-corrected chi connectivity index (χ4v) is 4.54. The Morgan fingerprint density at radius 3 is 2.55 bits per heavy atom. The molecule has 150 valence electrons. The van der Waals surface area contributed by atoms with Crippen molar-refractivity contribution < 1.29 is 4.74 Å². The smallest absolute Gasteiger partial charge is 0.174 e. The largest absolute Gasteiger partial charge is 0.495 e. The molecule has 0 bridgehead atoms. The minimum absolute atomic E-state index is 0.0539. The van der Waals surface area contributed by atoms with E-state index in [1.165, 1.54) is 17.0 Å². The molecule has 1 aliphatic heterocycles. The summed E-state index contributed by atoms with van der Waals surface area (Å²) >= 11 is 12.2. The summed E-state index contributed by atoms with van der Waals surface area (Å²) in [5.74, 6) is 0.637. The molecule has 1 saturated heterocycles. The summed E-state index contributed by atoms with van der Waals surface area (Å²) in [4.78, 5) is 6.73. The summed E-state index contributed by atoms with van der Waals surface area (Å²) in [5.41, 5.74) is 5.47. The lowest BCUT2D eigenvalue weighted by Gasteiger charge is -2.28. The molecule has 1 fully saturated rings. The third-order valence-electron chi connectivity index (χ3n) is 5.64. The molecule has 2 atom stereocenters. The Hall–Kier alpha value is -2.57. The van der Waals surface area contributed by atoms with Gasteiger partial charge in [-0.05, 0) is 68.0 Å². The number of anilines is 1. The fraction of sp³-hybridized carbons (Fsp3) is 0.273. The number of methoxy groups -OCH3 is 1. The molecule has 29 heavy (non-hydrogen) atoms. The third-order valence-corrected chi connectivity index (χ3v) is 6.25. The predicted octanol–water partition coefficient (Wildman–Crippen LogP) is 4.88. The van der Waals surface area contributed by atoms with E-state index in [1.54, 1.807) is 7.11 Å². The molecule has 5 nitrogen and oxygen atoms in total. The first kappa shape index (κ1) is 19.7. The highest BCUT2D eigenvalue weighted by molar-refractivity contribution is 7.80. The lowest BCUT2D eigenvalue weighted by atomic mass is 9.96. The molecule has 1 aliphatic rings. The minimum Gasteiger partial charge on any atom is -0.495 e. The van der Waals surface area contributed by atoms with Gasteiger partial charge in [-0.15, -0.1) is 0 Å². The van der Waals surface area contributed by atoms with Gasteiger partial charge in [0.2, 0.25) is 0 Å². The number of aromatic nitrogens is 2. The van der Waals surface area contributed by atoms with Crippen molar-refractivity contribution in [3.63, 3.8) is 0 Å². The molecule has 3 aromatic rings. The van der Waals surface area contributed by atoms with Crippen LogP contribution in [0.2, 0.25) is 5.02 Å². The van der Waals surface area contributed by atoms with E-state index in [2.05, 4.69) is 46.7 Å². The van der Waals surface area contributed by atoms with Crippen LogP contribution >= 0.6 is 23.8 Å². The van der Waals surface area contributed by atoms with Crippen LogP contribution in [0.25, 0.3) is 0 Å². The molecule has 0 radical (unpaired) electrons. The molecule has 2 aromatic heterocycles. The van der Waals surface area contributed by atoms with Gasteiger partial charge in [0.15, 0.2) is 5.11 Å². The standard InChI is InChI=1S/C22H23ClN4OS/c1-13-11-16(14(2)26(13)3)21-20(18-7-5-6-10-24-18)25-22(29)27(21)15-8-9-19(28-4)17(23)12-15/h5-12,20-21H,1-4H3,(H,25,29)/t20-,21+/m0/s1. The van der Waals surface area contributed by atoms with Gasteiger partial charge in [0.25, 0.3) is 0 Å². The predicted molar refractivity (Wildman–Crippen MR) is 121 cm³/mol. The summed E-state index contributed by atoms with van der Waals surface area (Å²) in [6.07, 6.45) is 1.81. The number of thiocarbonyl (C=S) groups is 1. The number of ether oxygens (including phenoxy) is 1. The van der Waals surface area contributed by atoms with E-state index in [0.717, 1.165) is 11.4 Å². The average molecular weight is 427 g/mol. The summed E-state index contributed by atoms with van der Waals surface area (Å²) in [6.45, 7) is 4.25. The zero-order valence-electron chi connectivity index (χ0n) is 16.8. The van der Waals surface area contributed by atoms with Crippen LogP contribution in [0.1, 0.15) is 34.7 Å². The molecule has 7 heteroatoms. The summed E-state index contributed by atoms with van der Waals surface area (Å²) in [5, 5.41) is 4.68. The maximum Gasteiger partial charge on any atom is 0.174 e. The molecule has 0 unspecified atom stereocenters. The van der Waals surface area contributed by atoms with E-state index < -0.39 is 0 Å². The molecule has 0 amide bonds. The van der Waals surface area contributed by atoms with Crippen molar-refractivity contribution in [3.05, 3.63) is 76.3 Å². The van der Waals surface area contributed by atoms with Crippen molar-refractivity contribution in [2.24, 2.45) is 7.05 Å². The highest BCUT2D eigenvalue weighted by Crippen LogP contribution is 2.44. The van der Waals surface area contributed by atoms with Gasteiger partial charge in [0.1, 0.15) is 5.75 Å². The highest BCUT2D eigenvalue weighted by Gasteiger charge is 2.42. The van der Waals surface area contributed by atoms with Crippen LogP contribution in [-0.2, 0) is 7.05 Å². The maximum absolute atomic E-state index is 6.43. The average Bonchev–Trinajstić information content (AvgIpc) is 3.19. The van der Waals surface area contributed by atoms with Gasteiger partial charge in [-0.3, -0.25) is 4.98 Å². The topological polar surface area (TPSA) is 42.3 Å². The van der Waals surface area contributed by atoms with Crippen LogP contribution in [0.4, 0.5) is 5.69 Å². The molecular formula is C22H23ClN4OS. The Bertz CT molecular complexity index is 1070. The van der Waals surface area contributed by atoms with Crippen molar-refractivity contribution >= 4 is 34.6 Å². The summed E-state index contributed by atoms with van der Waals surface area (Å²) in [7, 11) is 3.69. The van der Waals surface area contributed by atoms with Gasteiger partial charge in [-0.2, -0.15) is 0 Å². The molecular weight excluding hydrogens is 404 g/mol. The van der Waals surface area contributed by atoms with Gasteiger partial charge < -0.3 is 19.5 Å². The lowest BCUT2D eigenvalue weighted by molar-refractivity contribution is 0.415. The van der Waals surface area contributed by atoms with Gasteiger partial charge >= 0.3 is 0 Å². The zero-order valence-corrected chi connectivity index (χ0v) is 18.4. The van der Waals surface area contributed by atoms with E-state index in [0.29, 0.717) is 15.9 Å². The van der Waals surface area contributed by atoms with E-state index in [9.17, 15) is 0 Å². The summed E-state index contributed by atoms with van der Waals surface area (Å²) in [6, 6.07) is 13.8. The van der Waals surface area contributed by atoms with Crippen molar-refractivity contribution in [2.75, 3.05) is 12.0 Å². The monoisotopic (exact) mass is 426 g/mol. The first-order valence-corrected chi connectivity index (χ1v) is 10.2. The van der Waals surface area contributed by atoms with Crippen LogP contribution in [0, 0.1) is 13.8 Å². The first-order chi connectivity index (χ1) is 13.9. The second kappa shape index (κ2) is 7.69. The Morgan fingerprint density at radius 1 is 1.17 bits per heavy atom. The molecule has 4 rings (SSSR count). The van der Waals surface area contributed by atoms with Gasteiger partial charge in [-0.1, -0.05) is 17.7 Å².